The smallest absolute Gasteiger partial charge is 0.262 e. The van der Waals surface area contributed by atoms with E-state index in [-0.39, 0.29) is 11.3 Å². The van der Waals surface area contributed by atoms with Gasteiger partial charge in [-0.15, -0.1) is 0 Å². The summed E-state index contributed by atoms with van der Waals surface area (Å²) >= 11 is 0. The largest absolute Gasteiger partial charge is 0.504 e. The van der Waals surface area contributed by atoms with Gasteiger partial charge in [0.1, 0.15) is 11.2 Å². The monoisotopic (exact) mass is 348 g/mol. The zero-order valence-corrected chi connectivity index (χ0v) is 14.0. The predicted octanol–water partition coefficient (Wildman–Crippen LogP) is 2.88. The van der Waals surface area contributed by atoms with Crippen molar-refractivity contribution in [2.24, 2.45) is 0 Å². The zero-order valence-electron chi connectivity index (χ0n) is 14.0. The SMILES string of the molecule is CCOc1cc(-c2nc3c(cnn3-c3ccccc3)c(=O)[nH]2)ccc1O. The van der Waals surface area contributed by atoms with Crippen LogP contribution < -0.4 is 10.3 Å². The van der Waals surface area contributed by atoms with Crippen LogP contribution in [-0.2, 0) is 0 Å². The standard InChI is InChI=1S/C19H16N4O3/c1-2-26-16-10-12(8-9-15(16)24)17-21-18-14(19(25)22-17)11-20-23(18)13-6-4-3-5-7-13/h3-11,24H,2H2,1H3,(H,21,22,25). The fraction of sp³-hybridized carbons (Fsp3) is 0.105. The Hall–Kier alpha value is -3.61. The summed E-state index contributed by atoms with van der Waals surface area (Å²) in [5, 5.41) is 14.6. The third-order valence-corrected chi connectivity index (χ3v) is 3.97. The lowest BCUT2D eigenvalue weighted by atomic mass is 10.2. The van der Waals surface area contributed by atoms with Crippen LogP contribution >= 0.6 is 0 Å². The maximum atomic E-state index is 12.5. The number of aromatic hydroxyl groups is 1. The first-order valence-electron chi connectivity index (χ1n) is 8.17. The first kappa shape index (κ1) is 15.9. The number of phenolic OH excluding ortho intramolecular Hbond substituents is 1. The molecule has 0 spiro atoms. The van der Waals surface area contributed by atoms with Gasteiger partial charge in [-0.3, -0.25) is 4.79 Å². The Labute approximate surface area is 148 Å². The number of fused-ring (bicyclic) bond motifs is 1. The summed E-state index contributed by atoms with van der Waals surface area (Å²) in [6, 6.07) is 14.3. The van der Waals surface area contributed by atoms with E-state index in [0.29, 0.717) is 34.8 Å². The number of ether oxygens (including phenoxy) is 1. The van der Waals surface area contributed by atoms with Crippen molar-refractivity contribution in [3.05, 3.63) is 65.1 Å². The highest BCUT2D eigenvalue weighted by molar-refractivity contribution is 5.77. The minimum atomic E-state index is -0.279. The van der Waals surface area contributed by atoms with Crippen LogP contribution in [0.25, 0.3) is 28.1 Å². The summed E-state index contributed by atoms with van der Waals surface area (Å²) in [7, 11) is 0. The molecule has 26 heavy (non-hydrogen) atoms. The third kappa shape index (κ3) is 2.69. The molecule has 0 aliphatic rings. The van der Waals surface area contributed by atoms with E-state index in [1.54, 1.807) is 16.8 Å². The second-order valence-electron chi connectivity index (χ2n) is 5.66. The van der Waals surface area contributed by atoms with Gasteiger partial charge in [-0.1, -0.05) is 18.2 Å². The molecule has 0 atom stereocenters. The Morgan fingerprint density at radius 2 is 2.00 bits per heavy atom. The highest BCUT2D eigenvalue weighted by Gasteiger charge is 2.13. The van der Waals surface area contributed by atoms with Crippen molar-refractivity contribution < 1.29 is 9.84 Å². The van der Waals surface area contributed by atoms with Crippen LogP contribution in [0, 0.1) is 0 Å². The number of hydrogen-bond donors (Lipinski definition) is 2. The number of nitrogens with one attached hydrogen (secondary N) is 1. The zero-order chi connectivity index (χ0) is 18.1. The molecule has 0 aliphatic heterocycles. The van der Waals surface area contributed by atoms with Gasteiger partial charge >= 0.3 is 0 Å². The van der Waals surface area contributed by atoms with Gasteiger partial charge in [0.2, 0.25) is 0 Å². The molecule has 0 bridgehead atoms. The molecular weight excluding hydrogens is 332 g/mol. The van der Waals surface area contributed by atoms with Crippen LogP contribution in [0.1, 0.15) is 6.92 Å². The summed E-state index contributed by atoms with van der Waals surface area (Å²) < 4.78 is 7.03. The van der Waals surface area contributed by atoms with Gasteiger partial charge in [-0.2, -0.15) is 5.10 Å². The van der Waals surface area contributed by atoms with Crippen LogP contribution in [0.4, 0.5) is 0 Å². The molecule has 0 aliphatic carbocycles. The maximum absolute atomic E-state index is 12.5. The summed E-state index contributed by atoms with van der Waals surface area (Å²) in [5.74, 6) is 0.749. The number of aromatic nitrogens is 4. The van der Waals surface area contributed by atoms with Crippen LogP contribution in [-0.4, -0.2) is 31.5 Å². The number of para-hydroxylation sites is 1. The summed E-state index contributed by atoms with van der Waals surface area (Å²) in [6.07, 6.45) is 1.50. The average molecular weight is 348 g/mol. The summed E-state index contributed by atoms with van der Waals surface area (Å²) in [6.45, 7) is 2.25. The Morgan fingerprint density at radius 1 is 1.19 bits per heavy atom. The molecule has 0 saturated heterocycles. The van der Waals surface area contributed by atoms with Crippen molar-refractivity contribution >= 4 is 11.0 Å². The quantitative estimate of drug-likeness (QED) is 0.591. The average Bonchev–Trinajstić information content (AvgIpc) is 3.09. The van der Waals surface area contributed by atoms with Crippen molar-refractivity contribution in [3.63, 3.8) is 0 Å². The lowest BCUT2D eigenvalue weighted by Gasteiger charge is -2.08. The van der Waals surface area contributed by atoms with Crippen molar-refractivity contribution in [1.29, 1.82) is 0 Å². The van der Waals surface area contributed by atoms with Gasteiger partial charge in [-0.25, -0.2) is 9.67 Å². The normalized spacial score (nSPS) is 11.0. The second-order valence-corrected chi connectivity index (χ2v) is 5.66. The maximum Gasteiger partial charge on any atom is 0.262 e. The van der Waals surface area contributed by atoms with Gasteiger partial charge in [0.05, 0.1) is 18.5 Å². The molecule has 2 N–H and O–H groups in total. The summed E-state index contributed by atoms with van der Waals surface area (Å²) in [5.41, 5.74) is 1.62. The fourth-order valence-corrected chi connectivity index (χ4v) is 2.75. The van der Waals surface area contributed by atoms with Gasteiger partial charge in [0.25, 0.3) is 5.56 Å². The minimum Gasteiger partial charge on any atom is -0.504 e. The molecule has 0 radical (unpaired) electrons. The topological polar surface area (TPSA) is 93.0 Å². The Balaban J connectivity index is 1.90. The van der Waals surface area contributed by atoms with Gasteiger partial charge < -0.3 is 14.8 Å². The van der Waals surface area contributed by atoms with E-state index in [2.05, 4.69) is 15.1 Å². The van der Waals surface area contributed by atoms with Crippen LogP contribution in [0.15, 0.2) is 59.5 Å². The lowest BCUT2D eigenvalue weighted by molar-refractivity contribution is 0.318. The van der Waals surface area contributed by atoms with E-state index in [0.717, 1.165) is 5.69 Å². The van der Waals surface area contributed by atoms with Gasteiger partial charge in [0.15, 0.2) is 17.1 Å². The Bertz CT molecular complexity index is 1130. The Morgan fingerprint density at radius 3 is 2.77 bits per heavy atom. The summed E-state index contributed by atoms with van der Waals surface area (Å²) in [4.78, 5) is 19.8. The van der Waals surface area contributed by atoms with Crippen molar-refractivity contribution in [1.82, 2.24) is 19.7 Å². The number of hydrogen-bond acceptors (Lipinski definition) is 5. The molecule has 2 heterocycles. The number of aromatic amines is 1. The van der Waals surface area contributed by atoms with E-state index in [9.17, 15) is 9.90 Å². The minimum absolute atomic E-state index is 0.0355. The molecule has 0 unspecified atom stereocenters. The molecule has 0 saturated carbocycles. The number of H-pyrrole nitrogens is 1. The second kappa shape index (κ2) is 6.36. The van der Waals surface area contributed by atoms with E-state index >= 15 is 0 Å². The number of rotatable bonds is 4. The predicted molar refractivity (Wildman–Crippen MR) is 97.8 cm³/mol. The van der Waals surface area contributed by atoms with Crippen molar-refractivity contribution in [3.8, 4) is 28.6 Å². The van der Waals surface area contributed by atoms with Crippen LogP contribution in [0.5, 0.6) is 11.5 Å². The molecule has 7 heteroatoms. The molecule has 4 rings (SSSR count). The van der Waals surface area contributed by atoms with Gasteiger partial charge in [0, 0.05) is 5.56 Å². The van der Waals surface area contributed by atoms with Crippen LogP contribution in [0.3, 0.4) is 0 Å². The third-order valence-electron chi connectivity index (χ3n) is 3.97. The number of nitrogens with zero attached hydrogens (tertiary/aromatic N) is 3. The first-order valence-corrected chi connectivity index (χ1v) is 8.17. The van der Waals surface area contributed by atoms with Crippen molar-refractivity contribution in [2.45, 2.75) is 6.92 Å². The molecule has 2 aromatic heterocycles. The highest BCUT2D eigenvalue weighted by atomic mass is 16.5. The van der Waals surface area contributed by atoms with E-state index < -0.39 is 0 Å². The molecule has 7 nitrogen and oxygen atoms in total. The molecule has 130 valence electrons. The highest BCUT2D eigenvalue weighted by Crippen LogP contribution is 2.30. The number of benzene rings is 2. The fourth-order valence-electron chi connectivity index (χ4n) is 2.75. The van der Waals surface area contributed by atoms with Crippen molar-refractivity contribution in [2.75, 3.05) is 6.61 Å². The van der Waals surface area contributed by atoms with Gasteiger partial charge in [-0.05, 0) is 37.3 Å². The Kier molecular flexibility index (Phi) is 3.89. The van der Waals surface area contributed by atoms with E-state index in [1.165, 1.54) is 12.3 Å². The first-order chi connectivity index (χ1) is 12.7. The number of phenols is 1. The molecule has 0 fully saturated rings. The molecule has 0 amide bonds. The molecular formula is C19H16N4O3. The molecule has 2 aromatic carbocycles. The lowest BCUT2D eigenvalue weighted by Crippen LogP contribution is -2.10. The van der Waals surface area contributed by atoms with Crippen LogP contribution in [0.2, 0.25) is 0 Å². The van der Waals surface area contributed by atoms with E-state index in [1.807, 2.05) is 37.3 Å². The molecule has 4 aromatic rings. The van der Waals surface area contributed by atoms with E-state index in [4.69, 9.17) is 4.74 Å².